The Morgan fingerprint density at radius 1 is 1.18 bits per heavy atom. The predicted octanol–water partition coefficient (Wildman–Crippen LogP) is 1.15. The first-order chi connectivity index (χ1) is 5.02. The van der Waals surface area contributed by atoms with Gasteiger partial charge >= 0.3 is 0 Å². The van der Waals surface area contributed by atoms with Gasteiger partial charge in [-0.25, -0.2) is 0 Å². The third-order valence-corrected chi connectivity index (χ3v) is 1.09. The van der Waals surface area contributed by atoms with Crippen LogP contribution in [0, 0.1) is 0 Å². The molecular formula is C8H18O3. The topological polar surface area (TPSA) is 38.7 Å². The Morgan fingerprint density at radius 3 is 2.09 bits per heavy atom. The van der Waals surface area contributed by atoms with Crippen LogP contribution in [0.4, 0.5) is 0 Å². The van der Waals surface area contributed by atoms with Gasteiger partial charge in [-0.15, -0.1) is 0 Å². The number of ether oxygens (including phenoxy) is 2. The normalized spacial score (nSPS) is 16.9. The Kier molecular flexibility index (Phi) is 5.46. The van der Waals surface area contributed by atoms with Crippen LogP contribution < -0.4 is 0 Å². The molecule has 0 radical (unpaired) electrons. The second kappa shape index (κ2) is 5.52. The van der Waals surface area contributed by atoms with E-state index in [1.165, 1.54) is 0 Å². The number of hydrogen-bond donors (Lipinski definition) is 1. The molecule has 0 aromatic carbocycles. The molecule has 0 aliphatic rings. The maximum Gasteiger partial charge on any atom is 0.152 e. The van der Waals surface area contributed by atoms with Crippen molar-refractivity contribution < 1.29 is 14.6 Å². The van der Waals surface area contributed by atoms with Gasteiger partial charge in [-0.2, -0.15) is 0 Å². The van der Waals surface area contributed by atoms with Crippen LogP contribution in [-0.4, -0.2) is 30.2 Å². The van der Waals surface area contributed by atoms with Crippen molar-refractivity contribution in [2.45, 2.75) is 46.2 Å². The highest BCUT2D eigenvalue weighted by atomic mass is 16.6. The quantitative estimate of drug-likeness (QED) is 0.616. The molecule has 3 nitrogen and oxygen atoms in total. The van der Waals surface area contributed by atoms with E-state index in [2.05, 4.69) is 0 Å². The predicted molar refractivity (Wildman–Crippen MR) is 43.3 cm³/mol. The van der Waals surface area contributed by atoms with Gasteiger partial charge in [0.1, 0.15) is 0 Å². The zero-order chi connectivity index (χ0) is 8.85. The van der Waals surface area contributed by atoms with Gasteiger partial charge in [0.25, 0.3) is 0 Å². The zero-order valence-electron chi connectivity index (χ0n) is 7.70. The second-order valence-corrected chi connectivity index (χ2v) is 2.93. The van der Waals surface area contributed by atoms with Gasteiger partial charge in [-0.3, -0.25) is 0 Å². The molecule has 68 valence electrons. The average Bonchev–Trinajstić information content (AvgIpc) is 1.82. The molecule has 0 heterocycles. The van der Waals surface area contributed by atoms with Gasteiger partial charge in [0.2, 0.25) is 0 Å². The lowest BCUT2D eigenvalue weighted by molar-refractivity contribution is -0.140. The summed E-state index contributed by atoms with van der Waals surface area (Å²) in [5.74, 6) is 0. The van der Waals surface area contributed by atoms with Crippen molar-refractivity contribution in [2.24, 2.45) is 0 Å². The molecule has 2 unspecified atom stereocenters. The highest BCUT2D eigenvalue weighted by molar-refractivity contribution is 4.48. The highest BCUT2D eigenvalue weighted by Crippen LogP contribution is 1.98. The minimum absolute atomic E-state index is 0.0441. The molecule has 0 aliphatic carbocycles. The molecule has 0 aromatic heterocycles. The molecule has 0 aliphatic heterocycles. The number of aliphatic hydroxyl groups is 1. The summed E-state index contributed by atoms with van der Waals surface area (Å²) in [7, 11) is 0. The van der Waals surface area contributed by atoms with Crippen LogP contribution in [0.15, 0.2) is 0 Å². The Bertz CT molecular complexity index is 91.3. The summed E-state index contributed by atoms with van der Waals surface area (Å²) in [4.78, 5) is 0. The summed E-state index contributed by atoms with van der Waals surface area (Å²) in [5, 5.41) is 8.81. The Hall–Kier alpha value is -0.120. The zero-order valence-corrected chi connectivity index (χ0v) is 7.70. The van der Waals surface area contributed by atoms with E-state index in [0.717, 1.165) is 0 Å². The Morgan fingerprint density at radius 2 is 1.73 bits per heavy atom. The van der Waals surface area contributed by atoms with E-state index < -0.39 is 6.29 Å². The average molecular weight is 162 g/mol. The standard InChI is InChI=1S/C8H18O3/c1-6(2)10-5-7(3)11-8(4)9/h6-9H,5H2,1-4H3. The largest absolute Gasteiger partial charge is 0.376 e. The van der Waals surface area contributed by atoms with Crippen LogP contribution in [0.1, 0.15) is 27.7 Å². The van der Waals surface area contributed by atoms with Crippen molar-refractivity contribution in [1.29, 1.82) is 0 Å². The molecule has 11 heavy (non-hydrogen) atoms. The van der Waals surface area contributed by atoms with E-state index in [1.807, 2.05) is 20.8 Å². The van der Waals surface area contributed by atoms with Crippen LogP contribution in [0.3, 0.4) is 0 Å². The lowest BCUT2D eigenvalue weighted by Gasteiger charge is -2.16. The van der Waals surface area contributed by atoms with Crippen molar-refractivity contribution in [3.8, 4) is 0 Å². The molecule has 0 saturated carbocycles. The first kappa shape index (κ1) is 10.9. The van der Waals surface area contributed by atoms with Crippen molar-refractivity contribution >= 4 is 0 Å². The van der Waals surface area contributed by atoms with E-state index in [9.17, 15) is 0 Å². The molecule has 0 spiro atoms. The third-order valence-electron chi connectivity index (χ3n) is 1.09. The van der Waals surface area contributed by atoms with Gasteiger partial charge in [-0.05, 0) is 27.7 Å². The lowest BCUT2D eigenvalue weighted by Crippen LogP contribution is -2.23. The molecule has 0 rings (SSSR count). The fraction of sp³-hybridized carbons (Fsp3) is 1.00. The van der Waals surface area contributed by atoms with E-state index >= 15 is 0 Å². The minimum Gasteiger partial charge on any atom is -0.376 e. The van der Waals surface area contributed by atoms with Crippen molar-refractivity contribution in [3.05, 3.63) is 0 Å². The van der Waals surface area contributed by atoms with E-state index in [0.29, 0.717) is 6.61 Å². The molecule has 3 heteroatoms. The van der Waals surface area contributed by atoms with Crippen molar-refractivity contribution in [2.75, 3.05) is 6.61 Å². The monoisotopic (exact) mass is 162 g/mol. The van der Waals surface area contributed by atoms with Crippen LogP contribution in [0.2, 0.25) is 0 Å². The number of hydrogen-bond acceptors (Lipinski definition) is 3. The fourth-order valence-corrected chi connectivity index (χ4v) is 0.703. The maximum absolute atomic E-state index is 8.81. The van der Waals surface area contributed by atoms with Gasteiger partial charge < -0.3 is 14.6 Å². The highest BCUT2D eigenvalue weighted by Gasteiger charge is 2.06. The summed E-state index contributed by atoms with van der Waals surface area (Å²) >= 11 is 0. The SMILES string of the molecule is CC(C)OCC(C)OC(C)O. The number of aliphatic hydroxyl groups excluding tert-OH is 1. The van der Waals surface area contributed by atoms with E-state index in [4.69, 9.17) is 14.6 Å². The molecule has 0 bridgehead atoms. The fourth-order valence-electron chi connectivity index (χ4n) is 0.703. The van der Waals surface area contributed by atoms with Crippen LogP contribution in [0.5, 0.6) is 0 Å². The number of rotatable bonds is 5. The molecule has 2 atom stereocenters. The first-order valence-electron chi connectivity index (χ1n) is 3.97. The molecule has 0 saturated heterocycles. The smallest absolute Gasteiger partial charge is 0.152 e. The Balaban J connectivity index is 3.29. The van der Waals surface area contributed by atoms with Gasteiger partial charge in [0.05, 0.1) is 18.8 Å². The van der Waals surface area contributed by atoms with Crippen LogP contribution >= 0.6 is 0 Å². The molecular weight excluding hydrogens is 144 g/mol. The van der Waals surface area contributed by atoms with Gasteiger partial charge in [0.15, 0.2) is 6.29 Å². The third kappa shape index (κ3) is 7.78. The molecule has 0 amide bonds. The van der Waals surface area contributed by atoms with Crippen LogP contribution in [-0.2, 0) is 9.47 Å². The first-order valence-corrected chi connectivity index (χ1v) is 3.97. The molecule has 0 aromatic rings. The lowest BCUT2D eigenvalue weighted by atomic mass is 10.4. The van der Waals surface area contributed by atoms with Crippen molar-refractivity contribution in [1.82, 2.24) is 0 Å². The second-order valence-electron chi connectivity index (χ2n) is 2.93. The van der Waals surface area contributed by atoms with Crippen molar-refractivity contribution in [3.63, 3.8) is 0 Å². The minimum atomic E-state index is -0.708. The summed E-state index contributed by atoms with van der Waals surface area (Å²) in [5.41, 5.74) is 0. The molecule has 1 N–H and O–H groups in total. The van der Waals surface area contributed by atoms with E-state index in [1.54, 1.807) is 6.92 Å². The van der Waals surface area contributed by atoms with Gasteiger partial charge in [0, 0.05) is 0 Å². The summed E-state index contributed by atoms with van der Waals surface area (Å²) < 4.78 is 10.3. The van der Waals surface area contributed by atoms with Gasteiger partial charge in [-0.1, -0.05) is 0 Å². The molecule has 0 fully saturated rings. The maximum atomic E-state index is 8.81. The van der Waals surface area contributed by atoms with E-state index in [-0.39, 0.29) is 12.2 Å². The summed E-state index contributed by atoms with van der Waals surface area (Å²) in [6.45, 7) is 7.92. The summed E-state index contributed by atoms with van der Waals surface area (Å²) in [6.07, 6.45) is -0.534. The Labute approximate surface area is 68.3 Å². The summed E-state index contributed by atoms with van der Waals surface area (Å²) in [6, 6.07) is 0. The van der Waals surface area contributed by atoms with Crippen LogP contribution in [0.25, 0.3) is 0 Å².